The Labute approximate surface area is 185 Å². The Hall–Kier alpha value is -2.48. The molecule has 164 valence electrons. The lowest BCUT2D eigenvalue weighted by molar-refractivity contribution is -0.119. The quantitative estimate of drug-likeness (QED) is 0.659. The van der Waals surface area contributed by atoms with Crippen molar-refractivity contribution >= 4 is 34.9 Å². The molecule has 3 aliphatic rings. The second-order valence-corrected chi connectivity index (χ2v) is 10.3. The number of thiophene rings is 1. The van der Waals surface area contributed by atoms with Crippen LogP contribution >= 0.6 is 11.3 Å². The van der Waals surface area contributed by atoms with Gasteiger partial charge in [0.15, 0.2) is 0 Å². The monoisotopic (exact) mass is 440 g/mol. The first-order valence-electron chi connectivity index (χ1n) is 11.2. The third-order valence-corrected chi connectivity index (χ3v) is 7.79. The molecule has 0 radical (unpaired) electrons. The minimum Gasteiger partial charge on any atom is -0.352 e. The number of amides is 2. The molecule has 31 heavy (non-hydrogen) atoms. The molecule has 2 N–H and O–H groups in total. The second kappa shape index (κ2) is 8.22. The van der Waals surface area contributed by atoms with Crippen molar-refractivity contribution in [1.82, 2.24) is 14.9 Å². The minimum absolute atomic E-state index is 0.0311. The zero-order chi connectivity index (χ0) is 21.5. The number of aromatic nitrogens is 2. The van der Waals surface area contributed by atoms with Crippen LogP contribution in [-0.2, 0) is 28.9 Å². The van der Waals surface area contributed by atoms with Crippen LogP contribution in [0, 0.1) is 11.8 Å². The molecule has 2 saturated carbocycles. The highest BCUT2D eigenvalue weighted by molar-refractivity contribution is 7.12. The Morgan fingerprint density at radius 1 is 1.19 bits per heavy atom. The van der Waals surface area contributed by atoms with Crippen LogP contribution in [0.3, 0.4) is 0 Å². The fourth-order valence-corrected chi connectivity index (χ4v) is 5.82. The average Bonchev–Trinajstić information content (AvgIpc) is 3.65. The van der Waals surface area contributed by atoms with Gasteiger partial charge in [-0.3, -0.25) is 19.7 Å². The molecular formula is C23H28N4O3S. The Balaban J connectivity index is 1.43. The number of nitrogens with zero attached hydrogens (tertiary/aromatic N) is 2. The lowest BCUT2D eigenvalue weighted by atomic mass is 9.90. The zero-order valence-corrected chi connectivity index (χ0v) is 18.6. The summed E-state index contributed by atoms with van der Waals surface area (Å²) < 4.78 is 2.00. The van der Waals surface area contributed by atoms with E-state index in [1.807, 2.05) is 10.8 Å². The van der Waals surface area contributed by atoms with Gasteiger partial charge in [-0.05, 0) is 56.4 Å². The minimum atomic E-state index is -0.152. The molecule has 8 heteroatoms. The highest BCUT2D eigenvalue weighted by atomic mass is 32.1. The summed E-state index contributed by atoms with van der Waals surface area (Å²) in [5, 5.41) is 5.92. The van der Waals surface area contributed by atoms with Gasteiger partial charge in [0.05, 0.1) is 5.56 Å². The van der Waals surface area contributed by atoms with Crippen molar-refractivity contribution in [2.24, 2.45) is 11.8 Å². The van der Waals surface area contributed by atoms with E-state index in [4.69, 9.17) is 0 Å². The molecule has 0 bridgehead atoms. The number of anilines is 1. The predicted molar refractivity (Wildman–Crippen MR) is 118 cm³/mol. The van der Waals surface area contributed by atoms with Gasteiger partial charge in [-0.1, -0.05) is 0 Å². The van der Waals surface area contributed by atoms with E-state index in [2.05, 4.69) is 15.6 Å². The van der Waals surface area contributed by atoms with Gasteiger partial charge in [0.2, 0.25) is 11.9 Å². The molecule has 0 aromatic carbocycles. The number of carbonyl (C=O) groups is 3. The van der Waals surface area contributed by atoms with E-state index in [0.717, 1.165) is 48.2 Å². The maximum absolute atomic E-state index is 13.2. The van der Waals surface area contributed by atoms with Gasteiger partial charge in [0, 0.05) is 54.0 Å². The number of aryl methyl sites for hydroxylation is 1. The molecule has 2 aromatic rings. The maximum atomic E-state index is 13.2. The van der Waals surface area contributed by atoms with Gasteiger partial charge >= 0.3 is 0 Å². The standard InChI is InChI=1S/C23H28N4O3S/c1-13(28)26-23-24-8-9-27(23)16-6-7-19-17(10-16)21(22(30)25-12-14-2-3-14)20(31-19)11-18(29)15-4-5-15/h8-9,14-16H,2-7,10-12H2,1H3,(H,25,30)(H,24,26,28)/t16-/m0/s1. The van der Waals surface area contributed by atoms with Crippen LogP contribution in [-0.4, -0.2) is 33.7 Å². The lowest BCUT2D eigenvalue weighted by Crippen LogP contribution is -2.28. The Bertz CT molecular complexity index is 1030. The molecule has 3 aliphatic carbocycles. The van der Waals surface area contributed by atoms with E-state index in [1.54, 1.807) is 17.5 Å². The average molecular weight is 441 g/mol. The second-order valence-electron chi connectivity index (χ2n) is 9.11. The number of nitrogens with one attached hydrogen (secondary N) is 2. The van der Waals surface area contributed by atoms with Crippen LogP contribution in [0.4, 0.5) is 5.95 Å². The van der Waals surface area contributed by atoms with Gasteiger partial charge in [-0.2, -0.15) is 0 Å². The first-order chi connectivity index (χ1) is 15.0. The van der Waals surface area contributed by atoms with Gasteiger partial charge in [-0.25, -0.2) is 4.98 Å². The number of ketones is 1. The third kappa shape index (κ3) is 4.44. The number of hydrogen-bond donors (Lipinski definition) is 2. The number of hydrogen-bond acceptors (Lipinski definition) is 5. The number of fused-ring (bicyclic) bond motifs is 1. The van der Waals surface area contributed by atoms with Crippen LogP contribution in [0.5, 0.6) is 0 Å². The topological polar surface area (TPSA) is 93.1 Å². The predicted octanol–water partition coefficient (Wildman–Crippen LogP) is 3.29. The summed E-state index contributed by atoms with van der Waals surface area (Å²) in [5.74, 6) is 1.43. The lowest BCUT2D eigenvalue weighted by Gasteiger charge is -2.25. The Morgan fingerprint density at radius 2 is 2.00 bits per heavy atom. The summed E-state index contributed by atoms with van der Waals surface area (Å²) in [6, 6.07) is 0.119. The third-order valence-electron chi connectivity index (χ3n) is 6.50. The maximum Gasteiger partial charge on any atom is 0.252 e. The normalized spacial score (nSPS) is 20.2. The highest BCUT2D eigenvalue weighted by Crippen LogP contribution is 2.41. The number of carbonyl (C=O) groups excluding carboxylic acids is 3. The van der Waals surface area contributed by atoms with Crippen LogP contribution < -0.4 is 10.6 Å². The summed E-state index contributed by atoms with van der Waals surface area (Å²) in [6.45, 7) is 2.19. The molecule has 2 aromatic heterocycles. The van der Waals surface area contributed by atoms with Crippen LogP contribution in [0.25, 0.3) is 0 Å². The van der Waals surface area contributed by atoms with Crippen molar-refractivity contribution in [2.45, 2.75) is 64.3 Å². The van der Waals surface area contributed by atoms with Crippen molar-refractivity contribution in [2.75, 3.05) is 11.9 Å². The molecule has 2 fully saturated rings. The fraction of sp³-hybridized carbons (Fsp3) is 0.565. The molecule has 0 spiro atoms. The summed E-state index contributed by atoms with van der Waals surface area (Å²) in [5.41, 5.74) is 1.82. The zero-order valence-electron chi connectivity index (χ0n) is 17.8. The van der Waals surface area contributed by atoms with E-state index in [9.17, 15) is 14.4 Å². The molecule has 1 atom stereocenters. The van der Waals surface area contributed by atoms with E-state index in [1.165, 1.54) is 24.6 Å². The Morgan fingerprint density at radius 3 is 2.71 bits per heavy atom. The van der Waals surface area contributed by atoms with Gasteiger partial charge < -0.3 is 9.88 Å². The van der Waals surface area contributed by atoms with Crippen molar-refractivity contribution in [3.8, 4) is 0 Å². The van der Waals surface area contributed by atoms with Crippen LogP contribution in [0.1, 0.15) is 70.7 Å². The van der Waals surface area contributed by atoms with Crippen molar-refractivity contribution < 1.29 is 14.4 Å². The molecule has 7 nitrogen and oxygen atoms in total. The SMILES string of the molecule is CC(=O)Nc1nccn1[C@H]1CCc2sc(CC(=O)C3CC3)c(C(=O)NCC3CC3)c2C1. The summed E-state index contributed by atoms with van der Waals surface area (Å²) in [7, 11) is 0. The van der Waals surface area contributed by atoms with Crippen LogP contribution in [0.2, 0.25) is 0 Å². The van der Waals surface area contributed by atoms with Gasteiger partial charge in [-0.15, -0.1) is 11.3 Å². The molecule has 2 heterocycles. The summed E-state index contributed by atoms with van der Waals surface area (Å²) in [4.78, 5) is 43.8. The van der Waals surface area contributed by atoms with Crippen molar-refractivity contribution in [3.05, 3.63) is 33.3 Å². The van der Waals surface area contributed by atoms with Crippen molar-refractivity contribution in [1.29, 1.82) is 0 Å². The molecule has 0 unspecified atom stereocenters. The van der Waals surface area contributed by atoms with Crippen molar-refractivity contribution in [3.63, 3.8) is 0 Å². The van der Waals surface area contributed by atoms with Gasteiger partial charge in [0.25, 0.3) is 5.91 Å². The van der Waals surface area contributed by atoms with E-state index >= 15 is 0 Å². The van der Waals surface area contributed by atoms with E-state index in [-0.39, 0.29) is 29.6 Å². The molecule has 0 aliphatic heterocycles. The van der Waals surface area contributed by atoms with E-state index < -0.39 is 0 Å². The Kier molecular flexibility index (Phi) is 5.42. The van der Waals surface area contributed by atoms with Gasteiger partial charge in [0.1, 0.15) is 5.78 Å². The smallest absolute Gasteiger partial charge is 0.252 e. The molecule has 5 rings (SSSR count). The fourth-order valence-electron chi connectivity index (χ4n) is 4.47. The van der Waals surface area contributed by atoms with E-state index in [0.29, 0.717) is 24.7 Å². The molecular weight excluding hydrogens is 412 g/mol. The summed E-state index contributed by atoms with van der Waals surface area (Å²) in [6.07, 6.45) is 10.8. The number of rotatable bonds is 8. The number of Topliss-reactive ketones (excluding diaryl/α,β-unsaturated/α-hetero) is 1. The molecule has 0 saturated heterocycles. The largest absolute Gasteiger partial charge is 0.352 e. The first-order valence-corrected chi connectivity index (χ1v) is 12.1. The first kappa shape index (κ1) is 20.4. The van der Waals surface area contributed by atoms with Crippen LogP contribution in [0.15, 0.2) is 12.4 Å². The summed E-state index contributed by atoms with van der Waals surface area (Å²) >= 11 is 1.65. The molecule has 2 amide bonds. The highest BCUT2D eigenvalue weighted by Gasteiger charge is 2.34. The number of imidazole rings is 1.